The number of aromatic nitrogens is 4. The first-order valence-corrected chi connectivity index (χ1v) is 12.2. The zero-order chi connectivity index (χ0) is 25.4. The first-order valence-electron chi connectivity index (χ1n) is 12.2. The van der Waals surface area contributed by atoms with Crippen molar-refractivity contribution in [2.45, 2.75) is 32.9 Å². The maximum Gasteiger partial charge on any atom is 0.332 e. The molecule has 0 fully saturated rings. The van der Waals surface area contributed by atoms with Gasteiger partial charge in [-0.05, 0) is 36.5 Å². The summed E-state index contributed by atoms with van der Waals surface area (Å²) in [6.07, 6.45) is 1.48. The molecule has 1 atom stereocenters. The lowest BCUT2D eigenvalue weighted by molar-refractivity contribution is 0.392. The third kappa shape index (κ3) is 4.04. The average molecular weight is 490 g/mol. The highest BCUT2D eigenvalue weighted by atomic mass is 16.5. The van der Waals surface area contributed by atoms with Crippen molar-refractivity contribution in [1.29, 1.82) is 0 Å². The minimum atomic E-state index is -0.349. The number of ether oxygens (including phenoxy) is 2. The SMILES string of the molecule is COc1ccc(N2C[C@H](C)Cn3c2nc2c3c(=O)n(CCCc3ccccc3)c(=O)n2C)c(OC)c1. The van der Waals surface area contributed by atoms with E-state index < -0.39 is 0 Å². The van der Waals surface area contributed by atoms with Gasteiger partial charge in [0.2, 0.25) is 5.95 Å². The van der Waals surface area contributed by atoms with Crippen LogP contribution in [-0.4, -0.2) is 39.4 Å². The average Bonchev–Trinajstić information content (AvgIpc) is 3.28. The number of fused-ring (bicyclic) bond motifs is 3. The van der Waals surface area contributed by atoms with Crippen LogP contribution >= 0.6 is 0 Å². The number of rotatable bonds is 7. The van der Waals surface area contributed by atoms with Crippen LogP contribution in [0.5, 0.6) is 11.5 Å². The van der Waals surface area contributed by atoms with Gasteiger partial charge in [0.1, 0.15) is 11.5 Å². The van der Waals surface area contributed by atoms with E-state index in [0.717, 1.165) is 12.1 Å². The predicted octanol–water partition coefficient (Wildman–Crippen LogP) is 3.33. The molecule has 3 heterocycles. The molecule has 0 unspecified atom stereocenters. The summed E-state index contributed by atoms with van der Waals surface area (Å²) in [4.78, 5) is 33.7. The van der Waals surface area contributed by atoms with E-state index in [1.54, 1.807) is 21.3 Å². The summed E-state index contributed by atoms with van der Waals surface area (Å²) in [6.45, 7) is 3.82. The monoisotopic (exact) mass is 489 g/mol. The first kappa shape index (κ1) is 23.7. The molecular formula is C27H31N5O4. The Morgan fingerprint density at radius 3 is 2.53 bits per heavy atom. The Labute approximate surface area is 209 Å². The molecule has 9 nitrogen and oxygen atoms in total. The van der Waals surface area contributed by atoms with E-state index in [-0.39, 0.29) is 17.2 Å². The summed E-state index contributed by atoms with van der Waals surface area (Å²) in [5, 5.41) is 0. The van der Waals surface area contributed by atoms with Gasteiger partial charge in [-0.25, -0.2) is 4.79 Å². The first-order chi connectivity index (χ1) is 17.4. The normalized spacial score (nSPS) is 15.2. The van der Waals surface area contributed by atoms with E-state index in [1.165, 1.54) is 14.7 Å². The van der Waals surface area contributed by atoms with Crippen molar-refractivity contribution < 1.29 is 9.47 Å². The quantitative estimate of drug-likeness (QED) is 0.396. The van der Waals surface area contributed by atoms with E-state index in [1.807, 2.05) is 41.0 Å². The fourth-order valence-electron chi connectivity index (χ4n) is 5.00. The summed E-state index contributed by atoms with van der Waals surface area (Å²) in [5.41, 5.74) is 2.22. The van der Waals surface area contributed by atoms with Gasteiger partial charge < -0.3 is 18.9 Å². The van der Waals surface area contributed by atoms with Gasteiger partial charge in [0.15, 0.2) is 11.2 Å². The predicted molar refractivity (Wildman–Crippen MR) is 140 cm³/mol. The van der Waals surface area contributed by atoms with Crippen molar-refractivity contribution in [3.8, 4) is 11.5 Å². The van der Waals surface area contributed by atoms with Crippen LogP contribution in [0.3, 0.4) is 0 Å². The zero-order valence-corrected chi connectivity index (χ0v) is 21.1. The molecule has 9 heteroatoms. The molecule has 2 aromatic heterocycles. The second-order valence-corrected chi connectivity index (χ2v) is 9.34. The van der Waals surface area contributed by atoms with Crippen molar-refractivity contribution in [2.75, 3.05) is 25.7 Å². The second-order valence-electron chi connectivity index (χ2n) is 9.34. The van der Waals surface area contributed by atoms with Crippen molar-refractivity contribution in [3.63, 3.8) is 0 Å². The van der Waals surface area contributed by atoms with E-state index in [0.29, 0.717) is 54.7 Å². The molecule has 36 heavy (non-hydrogen) atoms. The molecule has 0 amide bonds. The minimum absolute atomic E-state index is 0.241. The number of methoxy groups -OCH3 is 2. The van der Waals surface area contributed by atoms with E-state index in [9.17, 15) is 9.59 Å². The van der Waals surface area contributed by atoms with Gasteiger partial charge in [-0.2, -0.15) is 4.98 Å². The molecule has 5 rings (SSSR count). The number of nitrogens with zero attached hydrogens (tertiary/aromatic N) is 5. The molecule has 1 aliphatic rings. The Balaban J connectivity index is 1.59. The molecule has 0 N–H and O–H groups in total. The summed E-state index contributed by atoms with van der Waals surface area (Å²) < 4.78 is 15.8. The van der Waals surface area contributed by atoms with Gasteiger partial charge in [0.25, 0.3) is 5.56 Å². The van der Waals surface area contributed by atoms with Crippen molar-refractivity contribution >= 4 is 22.8 Å². The van der Waals surface area contributed by atoms with Gasteiger partial charge in [0.05, 0.1) is 19.9 Å². The number of aryl methyl sites for hydroxylation is 2. The van der Waals surface area contributed by atoms with E-state index >= 15 is 0 Å². The molecular weight excluding hydrogens is 458 g/mol. The van der Waals surface area contributed by atoms with Crippen LogP contribution in [0.1, 0.15) is 18.9 Å². The molecule has 0 spiro atoms. The van der Waals surface area contributed by atoms with Gasteiger partial charge >= 0.3 is 5.69 Å². The standard InChI is InChI=1S/C27H31N5O4/c1-18-16-31(21-13-12-20(35-3)15-22(21)36-4)26-28-24-23(32(26)17-18)25(33)30(27(34)29(24)2)14-8-11-19-9-6-5-7-10-19/h5-7,9-10,12-13,15,18H,8,11,14,16-17H2,1-4H3/t18-/m0/s1. The molecule has 0 radical (unpaired) electrons. The van der Waals surface area contributed by atoms with Crippen molar-refractivity contribution in [1.82, 2.24) is 18.7 Å². The fourth-order valence-corrected chi connectivity index (χ4v) is 5.00. The molecule has 2 aromatic carbocycles. The molecule has 0 saturated carbocycles. The highest BCUT2D eigenvalue weighted by molar-refractivity contribution is 5.78. The lowest BCUT2D eigenvalue weighted by atomic mass is 10.1. The molecule has 4 aromatic rings. The lowest BCUT2D eigenvalue weighted by Gasteiger charge is -2.33. The van der Waals surface area contributed by atoms with Gasteiger partial charge in [0, 0.05) is 32.7 Å². The Hall–Kier alpha value is -4.01. The zero-order valence-electron chi connectivity index (χ0n) is 21.1. The largest absolute Gasteiger partial charge is 0.497 e. The van der Waals surface area contributed by atoms with Crippen LogP contribution in [-0.2, 0) is 26.6 Å². The van der Waals surface area contributed by atoms with E-state index in [2.05, 4.69) is 24.0 Å². The minimum Gasteiger partial charge on any atom is -0.497 e. The topological polar surface area (TPSA) is 83.5 Å². The summed E-state index contributed by atoms with van der Waals surface area (Å²) in [5.74, 6) is 2.20. The van der Waals surface area contributed by atoms with Crippen LogP contribution in [0.15, 0.2) is 58.1 Å². The molecule has 188 valence electrons. The summed E-state index contributed by atoms with van der Waals surface area (Å²) >= 11 is 0. The highest BCUT2D eigenvalue weighted by Gasteiger charge is 2.31. The second kappa shape index (κ2) is 9.56. The Morgan fingerprint density at radius 1 is 1.03 bits per heavy atom. The Morgan fingerprint density at radius 2 is 1.81 bits per heavy atom. The molecule has 0 saturated heterocycles. The maximum atomic E-state index is 13.7. The van der Waals surface area contributed by atoms with Gasteiger partial charge in [-0.3, -0.25) is 13.9 Å². The number of imidazole rings is 1. The summed E-state index contributed by atoms with van der Waals surface area (Å²) in [7, 11) is 4.91. The lowest BCUT2D eigenvalue weighted by Crippen LogP contribution is -2.40. The number of hydrogen-bond acceptors (Lipinski definition) is 6. The van der Waals surface area contributed by atoms with Crippen LogP contribution in [0.25, 0.3) is 11.2 Å². The van der Waals surface area contributed by atoms with Crippen molar-refractivity contribution in [2.24, 2.45) is 13.0 Å². The Bertz CT molecular complexity index is 1520. The van der Waals surface area contributed by atoms with Crippen LogP contribution < -0.4 is 25.6 Å². The number of benzene rings is 2. The molecule has 0 aliphatic carbocycles. The Kier molecular flexibility index (Phi) is 6.30. The maximum absolute atomic E-state index is 13.7. The molecule has 0 bridgehead atoms. The van der Waals surface area contributed by atoms with Crippen LogP contribution in [0, 0.1) is 5.92 Å². The number of hydrogen-bond donors (Lipinski definition) is 0. The van der Waals surface area contributed by atoms with Gasteiger partial charge in [-0.1, -0.05) is 37.3 Å². The third-order valence-corrected chi connectivity index (χ3v) is 6.81. The smallest absolute Gasteiger partial charge is 0.332 e. The third-order valence-electron chi connectivity index (χ3n) is 6.81. The fraction of sp³-hybridized carbons (Fsp3) is 0.370. The number of anilines is 2. The van der Waals surface area contributed by atoms with Crippen LogP contribution in [0.2, 0.25) is 0 Å². The molecule has 1 aliphatic heterocycles. The van der Waals surface area contributed by atoms with Crippen molar-refractivity contribution in [3.05, 3.63) is 74.9 Å². The summed E-state index contributed by atoms with van der Waals surface area (Å²) in [6, 6.07) is 15.7. The van der Waals surface area contributed by atoms with Crippen LogP contribution in [0.4, 0.5) is 11.6 Å². The van der Waals surface area contributed by atoms with E-state index in [4.69, 9.17) is 14.5 Å². The van der Waals surface area contributed by atoms with Gasteiger partial charge in [-0.15, -0.1) is 0 Å². The highest BCUT2D eigenvalue weighted by Crippen LogP contribution is 2.39.